The Morgan fingerprint density at radius 2 is 2.20 bits per heavy atom. The first-order valence-electron chi connectivity index (χ1n) is 8.63. The standard InChI is InChI=1S/C17H24N6O2/c1-12(2)23-9-8-22(7-5-18)17(16(23)25)4-6-21(11-17)15(24)14-10-13(3)19-20-14/h10,12H,4,6-9,11H2,1-3H3,(H,19,20). The highest BCUT2D eigenvalue weighted by Crippen LogP contribution is 2.34. The summed E-state index contributed by atoms with van der Waals surface area (Å²) < 4.78 is 0. The second-order valence-electron chi connectivity index (χ2n) is 7.12. The van der Waals surface area contributed by atoms with Crippen molar-refractivity contribution in [2.24, 2.45) is 0 Å². The van der Waals surface area contributed by atoms with E-state index in [-0.39, 0.29) is 24.4 Å². The van der Waals surface area contributed by atoms with Gasteiger partial charge < -0.3 is 9.80 Å². The van der Waals surface area contributed by atoms with Gasteiger partial charge in [0, 0.05) is 37.9 Å². The highest BCUT2D eigenvalue weighted by Gasteiger charge is 2.54. The molecular weight excluding hydrogens is 320 g/mol. The van der Waals surface area contributed by atoms with Crippen LogP contribution in [0.5, 0.6) is 0 Å². The number of amides is 2. The molecule has 3 rings (SSSR count). The number of nitrogens with one attached hydrogen (secondary N) is 1. The lowest BCUT2D eigenvalue weighted by molar-refractivity contribution is -0.152. The molecule has 8 nitrogen and oxygen atoms in total. The lowest BCUT2D eigenvalue weighted by atomic mass is 9.90. The first kappa shape index (κ1) is 17.4. The van der Waals surface area contributed by atoms with Crippen molar-refractivity contribution in [3.8, 4) is 6.07 Å². The molecule has 0 bridgehead atoms. The fourth-order valence-electron chi connectivity index (χ4n) is 3.84. The van der Waals surface area contributed by atoms with Crippen molar-refractivity contribution in [2.75, 3.05) is 32.7 Å². The Kier molecular flexibility index (Phi) is 4.52. The van der Waals surface area contributed by atoms with Crippen LogP contribution in [0.25, 0.3) is 0 Å². The van der Waals surface area contributed by atoms with E-state index in [4.69, 9.17) is 5.26 Å². The summed E-state index contributed by atoms with van der Waals surface area (Å²) in [4.78, 5) is 31.4. The van der Waals surface area contributed by atoms with Crippen LogP contribution in [0.1, 0.15) is 36.5 Å². The number of carbonyl (C=O) groups is 2. The third-order valence-corrected chi connectivity index (χ3v) is 5.22. The van der Waals surface area contributed by atoms with Crippen LogP contribution in [-0.2, 0) is 4.79 Å². The van der Waals surface area contributed by atoms with Crippen LogP contribution in [-0.4, -0.2) is 81.0 Å². The summed E-state index contributed by atoms with van der Waals surface area (Å²) >= 11 is 0. The van der Waals surface area contributed by atoms with E-state index in [2.05, 4.69) is 16.3 Å². The minimum atomic E-state index is -0.792. The molecule has 0 radical (unpaired) electrons. The SMILES string of the molecule is Cc1cc(C(=O)N2CCC3(C2)C(=O)N(C(C)C)CCN3CC#N)n[nH]1. The molecule has 1 atom stereocenters. The number of carbonyl (C=O) groups excluding carboxylic acids is 2. The molecule has 1 aromatic rings. The lowest BCUT2D eigenvalue weighted by Crippen LogP contribution is -2.68. The molecule has 0 aromatic carbocycles. The van der Waals surface area contributed by atoms with Crippen molar-refractivity contribution in [1.29, 1.82) is 5.26 Å². The molecule has 1 aromatic heterocycles. The molecule has 134 valence electrons. The summed E-state index contributed by atoms with van der Waals surface area (Å²) in [5.74, 6) is -0.148. The number of aryl methyl sites for hydroxylation is 1. The number of nitrogens with zero attached hydrogens (tertiary/aromatic N) is 5. The first-order valence-corrected chi connectivity index (χ1v) is 8.63. The molecule has 1 N–H and O–H groups in total. The van der Waals surface area contributed by atoms with E-state index in [0.29, 0.717) is 38.3 Å². The van der Waals surface area contributed by atoms with E-state index in [9.17, 15) is 9.59 Å². The Labute approximate surface area is 147 Å². The molecular formula is C17H24N6O2. The van der Waals surface area contributed by atoms with Gasteiger partial charge in [-0.1, -0.05) is 0 Å². The second-order valence-corrected chi connectivity index (χ2v) is 7.12. The van der Waals surface area contributed by atoms with E-state index < -0.39 is 5.54 Å². The normalized spacial score (nSPS) is 24.4. The Morgan fingerprint density at radius 3 is 2.80 bits per heavy atom. The van der Waals surface area contributed by atoms with E-state index in [1.807, 2.05) is 30.6 Å². The van der Waals surface area contributed by atoms with Crippen molar-refractivity contribution in [1.82, 2.24) is 24.9 Å². The highest BCUT2D eigenvalue weighted by atomic mass is 16.2. The Bertz CT molecular complexity index is 721. The van der Waals surface area contributed by atoms with Crippen molar-refractivity contribution >= 4 is 11.8 Å². The van der Waals surface area contributed by atoms with Gasteiger partial charge >= 0.3 is 0 Å². The van der Waals surface area contributed by atoms with Gasteiger partial charge in [0.05, 0.1) is 12.6 Å². The molecule has 1 unspecified atom stereocenters. The maximum absolute atomic E-state index is 13.2. The maximum Gasteiger partial charge on any atom is 0.274 e. The van der Waals surface area contributed by atoms with E-state index in [1.54, 1.807) is 11.0 Å². The number of H-pyrrole nitrogens is 1. The number of piperazine rings is 1. The minimum absolute atomic E-state index is 0.0255. The molecule has 0 saturated carbocycles. The summed E-state index contributed by atoms with van der Waals surface area (Å²) in [6, 6.07) is 3.98. The summed E-state index contributed by atoms with van der Waals surface area (Å²) in [5, 5.41) is 16.0. The van der Waals surface area contributed by atoms with Crippen LogP contribution >= 0.6 is 0 Å². The average molecular weight is 344 g/mol. The van der Waals surface area contributed by atoms with Gasteiger partial charge in [-0.15, -0.1) is 0 Å². The Hall–Kier alpha value is -2.40. The van der Waals surface area contributed by atoms with Crippen molar-refractivity contribution in [3.05, 3.63) is 17.5 Å². The number of hydrogen-bond donors (Lipinski definition) is 1. The van der Waals surface area contributed by atoms with Crippen LogP contribution in [0.3, 0.4) is 0 Å². The van der Waals surface area contributed by atoms with Gasteiger partial charge in [0.1, 0.15) is 11.2 Å². The van der Waals surface area contributed by atoms with Crippen molar-refractivity contribution < 1.29 is 9.59 Å². The largest absolute Gasteiger partial charge is 0.337 e. The molecule has 2 aliphatic rings. The van der Waals surface area contributed by atoms with Crippen LogP contribution < -0.4 is 0 Å². The predicted octanol–water partition coefficient (Wildman–Crippen LogP) is 0.379. The Balaban J connectivity index is 1.86. The smallest absolute Gasteiger partial charge is 0.274 e. The van der Waals surface area contributed by atoms with Gasteiger partial charge in [-0.25, -0.2) is 0 Å². The van der Waals surface area contributed by atoms with Gasteiger partial charge in [-0.3, -0.25) is 19.6 Å². The summed E-state index contributed by atoms with van der Waals surface area (Å²) in [6.07, 6.45) is 0.547. The van der Waals surface area contributed by atoms with E-state index in [1.165, 1.54) is 0 Å². The van der Waals surface area contributed by atoms with Crippen LogP contribution in [0.4, 0.5) is 0 Å². The van der Waals surface area contributed by atoms with Crippen LogP contribution in [0, 0.1) is 18.3 Å². The van der Waals surface area contributed by atoms with Gasteiger partial charge in [0.2, 0.25) is 5.91 Å². The number of aromatic nitrogens is 2. The molecule has 0 aliphatic carbocycles. The molecule has 2 fully saturated rings. The summed E-state index contributed by atoms with van der Waals surface area (Å²) in [5.41, 5.74) is 0.396. The van der Waals surface area contributed by atoms with Gasteiger partial charge in [0.25, 0.3) is 5.91 Å². The summed E-state index contributed by atoms with van der Waals surface area (Å²) in [6.45, 7) is 8.10. The quantitative estimate of drug-likeness (QED) is 0.800. The number of aromatic amines is 1. The molecule has 3 heterocycles. The van der Waals surface area contributed by atoms with E-state index >= 15 is 0 Å². The van der Waals surface area contributed by atoms with Crippen LogP contribution in [0.2, 0.25) is 0 Å². The van der Waals surface area contributed by atoms with Gasteiger partial charge in [-0.2, -0.15) is 10.4 Å². The Morgan fingerprint density at radius 1 is 1.44 bits per heavy atom. The molecule has 2 aliphatic heterocycles. The van der Waals surface area contributed by atoms with Gasteiger partial charge in [0.15, 0.2) is 0 Å². The zero-order valence-electron chi connectivity index (χ0n) is 14.9. The molecule has 8 heteroatoms. The minimum Gasteiger partial charge on any atom is -0.337 e. The number of nitriles is 1. The monoisotopic (exact) mass is 344 g/mol. The fourth-order valence-corrected chi connectivity index (χ4v) is 3.84. The first-order chi connectivity index (χ1) is 11.9. The second kappa shape index (κ2) is 6.48. The number of likely N-dealkylation sites (tertiary alicyclic amines) is 1. The molecule has 25 heavy (non-hydrogen) atoms. The van der Waals surface area contributed by atoms with E-state index in [0.717, 1.165) is 5.69 Å². The molecule has 2 amide bonds. The maximum atomic E-state index is 13.2. The summed E-state index contributed by atoms with van der Waals surface area (Å²) in [7, 11) is 0. The number of rotatable bonds is 3. The van der Waals surface area contributed by atoms with Crippen molar-refractivity contribution in [2.45, 2.75) is 38.8 Å². The third-order valence-electron chi connectivity index (χ3n) is 5.22. The topological polar surface area (TPSA) is 96.3 Å². The predicted molar refractivity (Wildman–Crippen MR) is 90.6 cm³/mol. The average Bonchev–Trinajstić information content (AvgIpc) is 3.19. The third kappa shape index (κ3) is 2.89. The molecule has 1 spiro atoms. The number of hydrogen-bond acceptors (Lipinski definition) is 5. The highest BCUT2D eigenvalue weighted by molar-refractivity contribution is 5.95. The zero-order chi connectivity index (χ0) is 18.2. The lowest BCUT2D eigenvalue weighted by Gasteiger charge is -2.48. The van der Waals surface area contributed by atoms with Crippen molar-refractivity contribution in [3.63, 3.8) is 0 Å². The fraction of sp³-hybridized carbons (Fsp3) is 0.647. The zero-order valence-corrected chi connectivity index (χ0v) is 14.9. The van der Waals surface area contributed by atoms with Gasteiger partial charge in [-0.05, 0) is 33.3 Å². The molecule has 2 saturated heterocycles. The van der Waals surface area contributed by atoms with Crippen LogP contribution in [0.15, 0.2) is 6.07 Å².